The van der Waals surface area contributed by atoms with Crippen molar-refractivity contribution in [1.82, 2.24) is 0 Å². The Morgan fingerprint density at radius 2 is 1.03 bits per heavy atom. The Hall–Kier alpha value is -1.90. The predicted molar refractivity (Wildman–Crippen MR) is 135 cm³/mol. The third-order valence-corrected chi connectivity index (χ3v) is 13.6. The van der Waals surface area contributed by atoms with Crippen LogP contribution in [0.4, 0.5) is 0 Å². The van der Waals surface area contributed by atoms with Gasteiger partial charge in [0, 0.05) is 0 Å². The zero-order valence-electron chi connectivity index (χ0n) is 23.4. The van der Waals surface area contributed by atoms with Crippen LogP contribution in [0.1, 0.15) is 68.2 Å². The number of ether oxygens (including phenoxy) is 4. The van der Waals surface area contributed by atoms with E-state index in [0.717, 1.165) is 6.04 Å². The van der Waals surface area contributed by atoms with Gasteiger partial charge in [-0.3, -0.25) is 19.2 Å². The van der Waals surface area contributed by atoms with Crippen LogP contribution in [0, 0.1) is 22.7 Å². The highest BCUT2D eigenvalue weighted by atomic mass is 28.3. The number of rotatable bonds is 10. The first kappa shape index (κ1) is 31.1. The fourth-order valence-electron chi connectivity index (χ4n) is 5.04. The number of esters is 4. The van der Waals surface area contributed by atoms with Crippen molar-refractivity contribution in [1.29, 1.82) is 0 Å². The van der Waals surface area contributed by atoms with Gasteiger partial charge in [-0.1, -0.05) is 46.8 Å². The van der Waals surface area contributed by atoms with E-state index >= 15 is 0 Å². The molecule has 0 amide bonds. The highest BCUT2D eigenvalue weighted by Crippen LogP contribution is 2.59. The van der Waals surface area contributed by atoms with E-state index in [4.69, 9.17) is 18.9 Å². The van der Waals surface area contributed by atoms with E-state index in [2.05, 4.69) is 33.9 Å². The Balaban J connectivity index is 3.95. The molecule has 1 fully saturated rings. The average molecular weight is 515 g/mol. The third kappa shape index (κ3) is 5.75. The molecule has 0 radical (unpaired) electrons. The fourth-order valence-corrected chi connectivity index (χ4v) is 7.51. The van der Waals surface area contributed by atoms with Gasteiger partial charge in [0.1, 0.15) is 0 Å². The first-order valence-electron chi connectivity index (χ1n) is 12.8. The third-order valence-electron chi connectivity index (χ3n) is 8.03. The van der Waals surface area contributed by atoms with Crippen LogP contribution in [-0.4, -0.2) is 58.4 Å². The highest BCUT2D eigenvalue weighted by Gasteiger charge is 2.76. The first-order chi connectivity index (χ1) is 16.1. The van der Waals surface area contributed by atoms with E-state index in [1.165, 1.54) is 0 Å². The summed E-state index contributed by atoms with van der Waals surface area (Å²) < 4.78 is 21.5. The van der Waals surface area contributed by atoms with Gasteiger partial charge in [0.2, 0.25) is 0 Å². The van der Waals surface area contributed by atoms with E-state index < -0.39 is 42.8 Å². The summed E-state index contributed by atoms with van der Waals surface area (Å²) in [5.74, 6) is -4.04. The zero-order valence-corrected chi connectivity index (χ0v) is 24.4. The van der Waals surface area contributed by atoms with E-state index in [0.29, 0.717) is 0 Å². The van der Waals surface area contributed by atoms with Crippen molar-refractivity contribution < 1.29 is 38.1 Å². The first-order valence-corrected chi connectivity index (χ1v) is 16.0. The second kappa shape index (κ2) is 11.9. The molecule has 2 atom stereocenters. The molecule has 0 aliphatic heterocycles. The van der Waals surface area contributed by atoms with Crippen LogP contribution in [0.15, 0.2) is 0 Å². The van der Waals surface area contributed by atoms with Gasteiger partial charge in [0.15, 0.2) is 10.8 Å². The van der Waals surface area contributed by atoms with Gasteiger partial charge in [-0.15, -0.1) is 0 Å². The molecule has 1 saturated carbocycles. The molecule has 0 spiro atoms. The molecule has 202 valence electrons. The SMILES string of the molecule is CCOC(=O)C1(C(=O)OCC)CC(C)C(C[Si](C)(C)C(C)(C)C)CC1(C(=O)OCC)C(=O)OCC. The van der Waals surface area contributed by atoms with Crippen molar-refractivity contribution in [3.8, 4) is 0 Å². The van der Waals surface area contributed by atoms with Crippen molar-refractivity contribution >= 4 is 32.0 Å². The van der Waals surface area contributed by atoms with Crippen molar-refractivity contribution in [2.45, 2.75) is 92.4 Å². The molecule has 9 heteroatoms. The van der Waals surface area contributed by atoms with Crippen LogP contribution in [0.2, 0.25) is 24.2 Å². The molecule has 1 aliphatic carbocycles. The summed E-state index contributed by atoms with van der Waals surface area (Å²) in [7, 11) is -1.87. The number of hydrogen-bond donors (Lipinski definition) is 0. The highest BCUT2D eigenvalue weighted by molar-refractivity contribution is 6.80. The predicted octanol–water partition coefficient (Wildman–Crippen LogP) is 4.77. The van der Waals surface area contributed by atoms with Crippen LogP contribution in [0.25, 0.3) is 0 Å². The van der Waals surface area contributed by atoms with Gasteiger partial charge in [0.05, 0.1) is 34.5 Å². The lowest BCUT2D eigenvalue weighted by molar-refractivity contribution is -0.213. The molecule has 8 nitrogen and oxygen atoms in total. The summed E-state index contributed by atoms with van der Waals surface area (Å²) in [5.41, 5.74) is -4.39. The van der Waals surface area contributed by atoms with E-state index in [9.17, 15) is 19.2 Å². The summed E-state index contributed by atoms with van der Waals surface area (Å²) in [6.07, 6.45) is -0.114. The standard InChI is InChI=1S/C26H46O8Si/c1-11-31-20(27)25(21(28)32-12-2)15-18(5)19(17-35(9,10)24(6,7)8)16-26(25,22(29)33-13-3)23(30)34-14-4/h18-19H,11-17H2,1-10H3. The Morgan fingerprint density at radius 1 is 0.714 bits per heavy atom. The van der Waals surface area contributed by atoms with E-state index in [1.807, 2.05) is 6.92 Å². The monoisotopic (exact) mass is 514 g/mol. The van der Waals surface area contributed by atoms with Crippen LogP contribution in [0.3, 0.4) is 0 Å². The minimum absolute atomic E-state index is 0.0236. The maximum Gasteiger partial charge on any atom is 0.325 e. The van der Waals surface area contributed by atoms with Gasteiger partial charge in [-0.2, -0.15) is 0 Å². The van der Waals surface area contributed by atoms with Crippen LogP contribution in [-0.2, 0) is 38.1 Å². The lowest BCUT2D eigenvalue weighted by Crippen LogP contribution is -2.66. The summed E-state index contributed by atoms with van der Waals surface area (Å²) in [6, 6.07) is 0.806. The summed E-state index contributed by atoms with van der Waals surface area (Å²) in [4.78, 5) is 54.8. The molecule has 0 heterocycles. The maximum atomic E-state index is 13.8. The molecule has 1 aliphatic rings. The second-order valence-corrected chi connectivity index (χ2v) is 16.9. The smallest absolute Gasteiger partial charge is 0.325 e. The van der Waals surface area contributed by atoms with Gasteiger partial charge < -0.3 is 18.9 Å². The van der Waals surface area contributed by atoms with Crippen molar-refractivity contribution in [3.05, 3.63) is 0 Å². The summed E-state index contributed by atoms with van der Waals surface area (Å²) in [5, 5.41) is 0.0695. The van der Waals surface area contributed by atoms with Gasteiger partial charge >= 0.3 is 23.9 Å². The van der Waals surface area contributed by atoms with Crippen LogP contribution >= 0.6 is 0 Å². The number of hydrogen-bond acceptors (Lipinski definition) is 8. The van der Waals surface area contributed by atoms with Crippen molar-refractivity contribution in [2.75, 3.05) is 26.4 Å². The fraction of sp³-hybridized carbons (Fsp3) is 0.846. The Morgan fingerprint density at radius 3 is 1.31 bits per heavy atom. The van der Waals surface area contributed by atoms with Gasteiger partial charge in [-0.25, -0.2) is 0 Å². The Kier molecular flexibility index (Phi) is 10.6. The topological polar surface area (TPSA) is 105 Å². The Bertz CT molecular complexity index is 747. The average Bonchev–Trinajstić information content (AvgIpc) is 2.74. The number of carbonyl (C=O) groups excluding carboxylic acids is 4. The molecule has 0 aromatic heterocycles. The molecule has 0 aromatic carbocycles. The molecule has 35 heavy (non-hydrogen) atoms. The van der Waals surface area contributed by atoms with E-state index in [-0.39, 0.29) is 56.1 Å². The largest absolute Gasteiger partial charge is 0.465 e. The normalized spacial score (nSPS) is 21.5. The zero-order chi connectivity index (χ0) is 27.2. The maximum absolute atomic E-state index is 13.8. The quantitative estimate of drug-likeness (QED) is 0.178. The summed E-state index contributed by atoms with van der Waals surface area (Å²) >= 11 is 0. The van der Waals surface area contributed by atoms with Crippen molar-refractivity contribution in [2.24, 2.45) is 22.7 Å². The lowest BCUT2D eigenvalue weighted by Gasteiger charge is -2.52. The summed E-state index contributed by atoms with van der Waals surface area (Å²) in [6.45, 7) is 19.5. The lowest BCUT2D eigenvalue weighted by atomic mass is 9.51. The van der Waals surface area contributed by atoms with Gasteiger partial charge in [-0.05, 0) is 57.4 Å². The molecular formula is C26H46O8Si. The minimum Gasteiger partial charge on any atom is -0.465 e. The number of carbonyl (C=O) groups is 4. The van der Waals surface area contributed by atoms with Gasteiger partial charge in [0.25, 0.3) is 0 Å². The minimum atomic E-state index is -2.20. The molecule has 0 bridgehead atoms. The van der Waals surface area contributed by atoms with Crippen LogP contribution < -0.4 is 0 Å². The molecule has 2 unspecified atom stereocenters. The molecule has 1 rings (SSSR count). The van der Waals surface area contributed by atoms with Crippen LogP contribution in [0.5, 0.6) is 0 Å². The molecule has 0 N–H and O–H groups in total. The van der Waals surface area contributed by atoms with Crippen molar-refractivity contribution in [3.63, 3.8) is 0 Å². The van der Waals surface area contributed by atoms with E-state index in [1.54, 1.807) is 27.7 Å². The Labute approximate surface area is 211 Å². The molecule has 0 saturated heterocycles. The molecule has 0 aromatic rings. The second-order valence-electron chi connectivity index (χ2n) is 11.2. The molecular weight excluding hydrogens is 468 g/mol.